The molecule has 2 saturated carbocycles. The van der Waals surface area contributed by atoms with E-state index in [-0.39, 0.29) is 18.0 Å². The van der Waals surface area contributed by atoms with Crippen molar-refractivity contribution in [1.82, 2.24) is 19.7 Å². The lowest BCUT2D eigenvalue weighted by atomic mass is 10.1. The standard InChI is InChI=1S/C25H38FN8O9P/c1-14(22(36)41-16-7-3-4-8-16)30-44(39,31-15(2)23(37)42-17-9-5-6-10-17)40-13-25(32-33-28)20(26)19(35)21(43-25)34-12-11-18(27)29-24(34)38/h11-12,14-17,19-21,35H,3-10,13H2,1-2H3,(H2,27,29,38)(H2,30,31,39)/t14-,15-,19+,20-,21+,25+/m0/s1. The number of azide groups is 1. The molecule has 6 atom stereocenters. The third kappa shape index (κ3) is 7.93. The molecule has 2 aliphatic carbocycles. The van der Waals surface area contributed by atoms with Gasteiger partial charge in [-0.1, -0.05) is 5.11 Å². The van der Waals surface area contributed by atoms with E-state index < -0.39 is 68.2 Å². The van der Waals surface area contributed by atoms with Gasteiger partial charge in [-0.05, 0) is 76.8 Å². The summed E-state index contributed by atoms with van der Waals surface area (Å²) in [6.07, 6.45) is 0.595. The molecule has 4 rings (SSSR count). The SMILES string of the molecule is C[C@H](NP(=O)(N[C@@H](C)C(=O)OC1CCCC1)OC[C@@]1(N=[N+]=[N-])O[C@@H](n2ccc(N)nc2=O)[C@H](O)[C@@H]1F)C(=O)OC1CCCC1. The lowest BCUT2D eigenvalue weighted by Gasteiger charge is -2.31. The Morgan fingerprint density at radius 2 is 1.73 bits per heavy atom. The highest BCUT2D eigenvalue weighted by Gasteiger charge is 2.57. The van der Waals surface area contributed by atoms with Crippen LogP contribution in [0.25, 0.3) is 10.4 Å². The molecule has 2 heterocycles. The number of carbonyl (C=O) groups excluding carboxylic acids is 2. The lowest BCUT2D eigenvalue weighted by molar-refractivity contribution is -0.150. The Morgan fingerprint density at radius 3 is 2.20 bits per heavy atom. The van der Waals surface area contributed by atoms with Crippen LogP contribution < -0.4 is 21.6 Å². The number of aromatic nitrogens is 2. The highest BCUT2D eigenvalue weighted by molar-refractivity contribution is 7.54. The number of hydrogen-bond acceptors (Lipinski definition) is 12. The molecule has 244 valence electrons. The Kier molecular flexibility index (Phi) is 11.0. The summed E-state index contributed by atoms with van der Waals surface area (Å²) in [5, 5.41) is 19.0. The van der Waals surface area contributed by atoms with Gasteiger partial charge in [-0.3, -0.25) is 18.7 Å². The average molecular weight is 645 g/mol. The molecule has 3 aliphatic rings. The summed E-state index contributed by atoms with van der Waals surface area (Å²) < 4.78 is 52.6. The number of nitrogens with zero attached hydrogens (tertiary/aromatic N) is 5. The fourth-order valence-corrected chi connectivity index (χ4v) is 7.17. The molecule has 1 aromatic rings. The fraction of sp³-hybridized carbons (Fsp3) is 0.760. The minimum absolute atomic E-state index is 0.139. The van der Waals surface area contributed by atoms with E-state index in [9.17, 15) is 29.6 Å². The lowest BCUT2D eigenvalue weighted by Crippen LogP contribution is -2.46. The summed E-state index contributed by atoms with van der Waals surface area (Å²) in [7, 11) is -4.51. The summed E-state index contributed by atoms with van der Waals surface area (Å²) in [6.45, 7) is 1.64. The van der Waals surface area contributed by atoms with E-state index in [0.717, 1.165) is 36.4 Å². The molecule has 19 heteroatoms. The van der Waals surface area contributed by atoms with Gasteiger partial charge in [0.2, 0.25) is 5.72 Å². The number of hydrogen-bond donors (Lipinski definition) is 4. The predicted molar refractivity (Wildman–Crippen MR) is 151 cm³/mol. The van der Waals surface area contributed by atoms with Crippen LogP contribution in [0.2, 0.25) is 0 Å². The monoisotopic (exact) mass is 644 g/mol. The highest BCUT2D eigenvalue weighted by Crippen LogP contribution is 2.46. The summed E-state index contributed by atoms with van der Waals surface area (Å²) in [5.41, 5.74) is 11.1. The number of aliphatic hydroxyl groups excluding tert-OH is 1. The van der Waals surface area contributed by atoms with Gasteiger partial charge >= 0.3 is 25.3 Å². The van der Waals surface area contributed by atoms with E-state index in [1.807, 2.05) is 0 Å². The zero-order chi connectivity index (χ0) is 32.1. The van der Waals surface area contributed by atoms with Gasteiger partial charge in [0.25, 0.3) is 0 Å². The molecular formula is C25H38FN8O9P. The number of nitrogens with one attached hydrogen (secondary N) is 2. The van der Waals surface area contributed by atoms with Crippen molar-refractivity contribution in [2.45, 2.75) is 114 Å². The minimum Gasteiger partial charge on any atom is -0.461 e. The van der Waals surface area contributed by atoms with E-state index in [0.29, 0.717) is 25.7 Å². The van der Waals surface area contributed by atoms with Crippen molar-refractivity contribution in [3.8, 4) is 0 Å². The second-order valence-electron chi connectivity index (χ2n) is 11.2. The highest BCUT2D eigenvalue weighted by atomic mass is 31.2. The van der Waals surface area contributed by atoms with Crippen LogP contribution in [-0.4, -0.2) is 75.5 Å². The number of nitrogens with two attached hydrogens (primary N) is 1. The van der Waals surface area contributed by atoms with Crippen molar-refractivity contribution in [2.75, 3.05) is 12.3 Å². The van der Waals surface area contributed by atoms with Gasteiger partial charge in [-0.15, -0.1) is 0 Å². The number of carbonyl (C=O) groups is 2. The van der Waals surface area contributed by atoms with E-state index in [2.05, 4.69) is 25.2 Å². The Balaban J connectivity index is 1.55. The summed E-state index contributed by atoms with van der Waals surface area (Å²) in [6, 6.07) is -1.26. The number of nitrogen functional groups attached to an aromatic ring is 1. The van der Waals surface area contributed by atoms with Crippen LogP contribution in [0.4, 0.5) is 10.2 Å². The number of esters is 2. The number of halogens is 1. The third-order valence-electron chi connectivity index (χ3n) is 7.74. The first-order valence-corrected chi connectivity index (χ1v) is 16.1. The summed E-state index contributed by atoms with van der Waals surface area (Å²) in [4.78, 5) is 44.0. The van der Waals surface area contributed by atoms with Crippen LogP contribution >= 0.6 is 7.67 Å². The van der Waals surface area contributed by atoms with Gasteiger partial charge in [-0.25, -0.2) is 19.4 Å². The maximum absolute atomic E-state index is 15.6. The van der Waals surface area contributed by atoms with Gasteiger partial charge in [-0.2, -0.15) is 4.98 Å². The fourth-order valence-electron chi connectivity index (χ4n) is 5.35. The summed E-state index contributed by atoms with van der Waals surface area (Å²) >= 11 is 0. The van der Waals surface area contributed by atoms with Crippen molar-refractivity contribution in [1.29, 1.82) is 0 Å². The van der Waals surface area contributed by atoms with E-state index in [1.165, 1.54) is 19.9 Å². The molecule has 1 saturated heterocycles. The van der Waals surface area contributed by atoms with Crippen LogP contribution in [0, 0.1) is 0 Å². The molecule has 0 unspecified atom stereocenters. The topological polar surface area (TPSA) is 242 Å². The van der Waals surface area contributed by atoms with E-state index in [4.69, 9.17) is 24.5 Å². The average Bonchev–Trinajstić information content (AvgIpc) is 3.72. The maximum Gasteiger partial charge on any atom is 0.351 e. The van der Waals surface area contributed by atoms with E-state index in [1.54, 1.807) is 0 Å². The Morgan fingerprint density at radius 1 is 1.20 bits per heavy atom. The second kappa shape index (κ2) is 14.3. The number of aliphatic hydroxyl groups is 1. The number of alkyl halides is 1. The van der Waals surface area contributed by atoms with Crippen molar-refractivity contribution in [3.05, 3.63) is 33.2 Å². The third-order valence-corrected chi connectivity index (χ3v) is 9.69. The Labute approximate surface area is 252 Å². The smallest absolute Gasteiger partial charge is 0.351 e. The van der Waals surface area contributed by atoms with Crippen LogP contribution in [0.15, 0.2) is 22.2 Å². The zero-order valence-electron chi connectivity index (χ0n) is 24.4. The predicted octanol–water partition coefficient (Wildman–Crippen LogP) is 2.11. The quantitative estimate of drug-likeness (QED) is 0.0791. The van der Waals surface area contributed by atoms with Gasteiger partial charge in [0.1, 0.15) is 36.2 Å². The number of rotatable bonds is 13. The molecule has 0 aromatic carbocycles. The van der Waals surface area contributed by atoms with Gasteiger partial charge in [0, 0.05) is 11.1 Å². The molecule has 0 radical (unpaired) electrons. The summed E-state index contributed by atoms with van der Waals surface area (Å²) in [5.74, 6) is -1.61. The molecule has 3 fully saturated rings. The zero-order valence-corrected chi connectivity index (χ0v) is 25.3. The van der Waals surface area contributed by atoms with Crippen molar-refractivity contribution < 1.29 is 42.4 Å². The van der Waals surface area contributed by atoms with Crippen molar-refractivity contribution >= 4 is 25.4 Å². The van der Waals surface area contributed by atoms with Crippen molar-refractivity contribution in [3.63, 3.8) is 0 Å². The number of anilines is 1. The van der Waals surface area contributed by atoms with Crippen LogP contribution in [-0.2, 0) is 32.9 Å². The normalized spacial score (nSPS) is 27.5. The molecule has 1 aromatic heterocycles. The van der Waals surface area contributed by atoms with Crippen molar-refractivity contribution in [2.24, 2.45) is 5.11 Å². The first kappa shape index (κ1) is 33.8. The Bertz CT molecular complexity index is 1310. The minimum atomic E-state index is -4.51. The molecule has 17 nitrogen and oxygen atoms in total. The van der Waals surface area contributed by atoms with Crippen LogP contribution in [0.5, 0.6) is 0 Å². The molecular weight excluding hydrogens is 606 g/mol. The molecule has 44 heavy (non-hydrogen) atoms. The van der Waals surface area contributed by atoms with Gasteiger partial charge in [0.15, 0.2) is 12.4 Å². The number of ether oxygens (including phenoxy) is 3. The van der Waals surface area contributed by atoms with Gasteiger partial charge in [0.05, 0.1) is 6.61 Å². The van der Waals surface area contributed by atoms with Gasteiger partial charge < -0.3 is 29.6 Å². The largest absolute Gasteiger partial charge is 0.461 e. The molecule has 0 bridgehead atoms. The first-order chi connectivity index (χ1) is 20.9. The van der Waals surface area contributed by atoms with E-state index >= 15 is 4.39 Å². The second-order valence-corrected chi connectivity index (χ2v) is 13.1. The van der Waals surface area contributed by atoms with Crippen LogP contribution in [0.3, 0.4) is 0 Å². The first-order valence-electron chi connectivity index (χ1n) is 14.5. The Hall–Kier alpha value is -3.11. The maximum atomic E-state index is 15.6. The molecule has 0 spiro atoms. The molecule has 5 N–H and O–H groups in total. The molecule has 1 aliphatic heterocycles. The van der Waals surface area contributed by atoms with Crippen LogP contribution in [0.1, 0.15) is 71.4 Å². The molecule has 0 amide bonds.